The zero-order chi connectivity index (χ0) is 12.0. The van der Waals surface area contributed by atoms with Crippen LogP contribution in [0.1, 0.15) is 13.3 Å². The molecule has 0 aromatic rings. The van der Waals surface area contributed by atoms with Gasteiger partial charge < -0.3 is 5.11 Å². The molecule has 3 nitrogen and oxygen atoms in total. The van der Waals surface area contributed by atoms with Crippen molar-refractivity contribution in [3.63, 3.8) is 0 Å². The van der Waals surface area contributed by atoms with Gasteiger partial charge in [-0.1, -0.05) is 6.92 Å². The van der Waals surface area contributed by atoms with E-state index in [1.807, 2.05) is 0 Å². The Morgan fingerprint density at radius 3 is 1.57 bits per heavy atom. The summed E-state index contributed by atoms with van der Waals surface area (Å²) in [5, 5.41) is 7.72. The third kappa shape index (κ3) is 6.52. The minimum absolute atomic E-state index is 0.222. The summed E-state index contributed by atoms with van der Waals surface area (Å²) >= 11 is 0. The van der Waals surface area contributed by atoms with E-state index in [1.165, 1.54) is 4.94 Å². The minimum Gasteiger partial charge on any atom is -0.481 e. The molecule has 0 radical (unpaired) electrons. The summed E-state index contributed by atoms with van der Waals surface area (Å²) in [6.07, 6.45) is -11.4. The standard InChI is InChI=1S/C3H6O2.C2F6O/c1-2-3(4)5;3-1(4,5)2(6,7)9-8/h2H2,1H3,(H,4,5);. The summed E-state index contributed by atoms with van der Waals surface area (Å²) in [7, 11) is 0. The van der Waals surface area contributed by atoms with E-state index < -0.39 is 18.3 Å². The molecule has 0 bridgehead atoms. The second-order valence-electron chi connectivity index (χ2n) is 1.84. The Balaban J connectivity index is 0. The van der Waals surface area contributed by atoms with Gasteiger partial charge in [0, 0.05) is 6.42 Å². The zero-order valence-electron chi connectivity index (χ0n) is 6.74. The number of alkyl halides is 5. The second-order valence-corrected chi connectivity index (χ2v) is 1.84. The fourth-order valence-electron chi connectivity index (χ4n) is 0.0437. The van der Waals surface area contributed by atoms with Crippen LogP contribution in [0.2, 0.25) is 0 Å². The highest BCUT2D eigenvalue weighted by molar-refractivity contribution is 5.66. The number of hydrogen-bond donors (Lipinski definition) is 1. The lowest BCUT2D eigenvalue weighted by atomic mass is 10.5. The number of halogens is 6. The summed E-state index contributed by atoms with van der Waals surface area (Å²) in [6, 6.07) is 0. The van der Waals surface area contributed by atoms with E-state index in [2.05, 4.69) is 0 Å². The number of rotatable bonds is 2. The highest BCUT2D eigenvalue weighted by Gasteiger charge is 2.61. The first kappa shape index (κ1) is 15.5. The van der Waals surface area contributed by atoms with Crippen molar-refractivity contribution in [2.75, 3.05) is 0 Å². The lowest BCUT2D eigenvalue weighted by Gasteiger charge is -2.12. The number of carboxylic acids is 1. The van der Waals surface area contributed by atoms with Gasteiger partial charge in [-0.25, -0.2) is 0 Å². The molecule has 14 heavy (non-hydrogen) atoms. The van der Waals surface area contributed by atoms with E-state index in [4.69, 9.17) is 5.11 Å². The highest BCUT2D eigenvalue weighted by atomic mass is 19.4. The van der Waals surface area contributed by atoms with Crippen LogP contribution in [0.15, 0.2) is 0 Å². The van der Waals surface area contributed by atoms with Crippen molar-refractivity contribution in [3.05, 3.63) is 0 Å². The van der Waals surface area contributed by atoms with E-state index in [9.17, 15) is 31.3 Å². The molecule has 0 spiro atoms. The maximum atomic E-state index is 10.9. The first-order valence-corrected chi connectivity index (χ1v) is 3.04. The maximum Gasteiger partial charge on any atom is 0.485 e. The molecule has 0 aliphatic rings. The van der Waals surface area contributed by atoms with E-state index in [0.717, 1.165) is 0 Å². The van der Waals surface area contributed by atoms with Crippen LogP contribution in [0.5, 0.6) is 0 Å². The SMILES string of the molecule is CCC(=O)O.FOC(F)(F)C(F)(F)F. The molecule has 0 aliphatic carbocycles. The third-order valence-corrected chi connectivity index (χ3v) is 0.729. The fourth-order valence-corrected chi connectivity index (χ4v) is 0.0437. The Kier molecular flexibility index (Phi) is 6.28. The van der Waals surface area contributed by atoms with Crippen LogP contribution >= 0.6 is 0 Å². The molecule has 0 saturated heterocycles. The monoisotopic (exact) mass is 228 g/mol. The molecule has 0 aromatic carbocycles. The average molecular weight is 228 g/mol. The van der Waals surface area contributed by atoms with Gasteiger partial charge in [-0.05, 0) is 4.53 Å². The van der Waals surface area contributed by atoms with Crippen molar-refractivity contribution in [3.8, 4) is 0 Å². The Morgan fingerprint density at radius 1 is 1.29 bits per heavy atom. The summed E-state index contributed by atoms with van der Waals surface area (Å²) in [6.45, 7) is 1.60. The Bertz CT molecular complexity index is 177. The van der Waals surface area contributed by atoms with E-state index in [-0.39, 0.29) is 6.42 Å². The number of aliphatic carboxylic acids is 1. The van der Waals surface area contributed by atoms with Crippen LogP contribution in [0.25, 0.3) is 0 Å². The summed E-state index contributed by atoms with van der Waals surface area (Å²) < 4.78 is 64.3. The van der Waals surface area contributed by atoms with Crippen LogP contribution in [-0.4, -0.2) is 23.4 Å². The molecule has 0 atom stereocenters. The lowest BCUT2D eigenvalue weighted by molar-refractivity contribution is -0.453. The van der Waals surface area contributed by atoms with Crippen molar-refractivity contribution in [1.82, 2.24) is 0 Å². The van der Waals surface area contributed by atoms with E-state index in [1.54, 1.807) is 6.92 Å². The number of carboxylic acid groups (broad SMARTS) is 1. The first-order chi connectivity index (χ1) is 6.08. The highest BCUT2D eigenvalue weighted by Crippen LogP contribution is 2.36. The van der Waals surface area contributed by atoms with Gasteiger partial charge in [0.05, 0.1) is 0 Å². The van der Waals surface area contributed by atoms with Gasteiger partial charge >= 0.3 is 18.3 Å². The van der Waals surface area contributed by atoms with Crippen LogP contribution in [0.3, 0.4) is 0 Å². The molecular weight excluding hydrogens is 222 g/mol. The van der Waals surface area contributed by atoms with Crippen molar-refractivity contribution < 1.29 is 41.3 Å². The molecule has 0 saturated carbocycles. The fraction of sp³-hybridized carbons (Fsp3) is 0.800. The average Bonchev–Trinajstić information content (AvgIpc) is 2.03. The van der Waals surface area contributed by atoms with Gasteiger partial charge in [0.1, 0.15) is 0 Å². The minimum atomic E-state index is -5.98. The van der Waals surface area contributed by atoms with Crippen LogP contribution < -0.4 is 0 Å². The van der Waals surface area contributed by atoms with Crippen molar-refractivity contribution in [2.24, 2.45) is 0 Å². The smallest absolute Gasteiger partial charge is 0.481 e. The molecule has 0 amide bonds. The normalized spacial score (nSPS) is 11.6. The summed E-state index contributed by atoms with van der Waals surface area (Å²) in [5.41, 5.74) is 0. The predicted molar refractivity (Wildman–Crippen MR) is 31.1 cm³/mol. The van der Waals surface area contributed by atoms with E-state index in [0.29, 0.717) is 0 Å². The van der Waals surface area contributed by atoms with Crippen LogP contribution in [0.4, 0.5) is 26.5 Å². The molecular formula is C5H6F6O3. The topological polar surface area (TPSA) is 46.5 Å². The van der Waals surface area contributed by atoms with Gasteiger partial charge in [0.25, 0.3) is 0 Å². The molecule has 86 valence electrons. The Hall–Kier alpha value is -0.990. The van der Waals surface area contributed by atoms with Gasteiger partial charge in [0.2, 0.25) is 0 Å². The van der Waals surface area contributed by atoms with Crippen LogP contribution in [0, 0.1) is 0 Å². The van der Waals surface area contributed by atoms with Gasteiger partial charge in [-0.2, -0.15) is 22.0 Å². The second kappa shape index (κ2) is 5.68. The summed E-state index contributed by atoms with van der Waals surface area (Å²) in [5.74, 6) is -0.745. The molecule has 0 heterocycles. The molecule has 0 unspecified atom stereocenters. The molecule has 1 N–H and O–H groups in total. The maximum absolute atomic E-state index is 10.9. The van der Waals surface area contributed by atoms with Crippen molar-refractivity contribution in [1.29, 1.82) is 0 Å². The lowest BCUT2D eigenvalue weighted by Crippen LogP contribution is -2.36. The molecule has 0 fully saturated rings. The van der Waals surface area contributed by atoms with Gasteiger partial charge in [-0.15, -0.1) is 4.94 Å². The first-order valence-electron chi connectivity index (χ1n) is 3.04. The number of carbonyl (C=O) groups is 1. The molecule has 0 rings (SSSR count). The van der Waals surface area contributed by atoms with Crippen molar-refractivity contribution in [2.45, 2.75) is 25.6 Å². The predicted octanol–water partition coefficient (Wildman–Crippen LogP) is 2.52. The van der Waals surface area contributed by atoms with Crippen LogP contribution in [-0.2, 0) is 9.74 Å². The summed E-state index contributed by atoms with van der Waals surface area (Å²) in [4.78, 5) is 10.7. The van der Waals surface area contributed by atoms with Crippen molar-refractivity contribution >= 4 is 5.97 Å². The molecule has 0 aliphatic heterocycles. The number of hydrogen-bond acceptors (Lipinski definition) is 2. The zero-order valence-corrected chi connectivity index (χ0v) is 6.74. The quantitative estimate of drug-likeness (QED) is 0.738. The third-order valence-electron chi connectivity index (χ3n) is 0.729. The molecule has 9 heteroatoms. The Labute approximate surface area is 74.2 Å². The van der Waals surface area contributed by atoms with Gasteiger partial charge in [0.15, 0.2) is 0 Å². The largest absolute Gasteiger partial charge is 0.485 e. The van der Waals surface area contributed by atoms with Gasteiger partial charge in [-0.3, -0.25) is 4.79 Å². The Morgan fingerprint density at radius 2 is 1.57 bits per heavy atom. The van der Waals surface area contributed by atoms with E-state index >= 15 is 0 Å². The molecule has 0 aromatic heterocycles.